The van der Waals surface area contributed by atoms with Crippen molar-refractivity contribution < 1.29 is 14.3 Å². The Morgan fingerprint density at radius 2 is 1.87 bits per heavy atom. The minimum atomic E-state index is -0.328. The molecule has 2 aliphatic rings. The highest BCUT2D eigenvalue weighted by Gasteiger charge is 2.44. The summed E-state index contributed by atoms with van der Waals surface area (Å²) in [6.45, 7) is 3.28. The van der Waals surface area contributed by atoms with Gasteiger partial charge >= 0.3 is 6.03 Å². The maximum absolute atomic E-state index is 12.8. The van der Waals surface area contributed by atoms with Crippen LogP contribution in [0, 0.1) is 6.92 Å². The van der Waals surface area contributed by atoms with Crippen LogP contribution >= 0.6 is 0 Å². The van der Waals surface area contributed by atoms with Gasteiger partial charge in [0.25, 0.3) is 0 Å². The molecular formula is C25H31N3O3. The second-order valence-electron chi connectivity index (χ2n) is 9.00. The van der Waals surface area contributed by atoms with Gasteiger partial charge in [0.15, 0.2) is 0 Å². The Kier molecular flexibility index (Phi) is 5.90. The van der Waals surface area contributed by atoms with Crippen LogP contribution in [0.1, 0.15) is 42.7 Å². The van der Waals surface area contributed by atoms with Crippen LogP contribution in [-0.2, 0) is 4.79 Å². The monoisotopic (exact) mass is 421 g/mol. The minimum absolute atomic E-state index is 0.0732. The number of aryl methyl sites for hydroxylation is 1. The molecule has 2 aromatic carbocycles. The normalized spacial score (nSPS) is 19.3. The summed E-state index contributed by atoms with van der Waals surface area (Å²) in [7, 11) is 3.60. The number of piperidine rings is 1. The number of urea groups is 1. The second-order valence-corrected chi connectivity index (χ2v) is 9.00. The molecule has 3 amide bonds. The van der Waals surface area contributed by atoms with E-state index in [-0.39, 0.29) is 23.5 Å². The number of nitrogens with zero attached hydrogens (tertiary/aromatic N) is 2. The van der Waals surface area contributed by atoms with Gasteiger partial charge in [-0.1, -0.05) is 30.3 Å². The summed E-state index contributed by atoms with van der Waals surface area (Å²) in [5, 5.41) is 3.00. The Morgan fingerprint density at radius 1 is 1.13 bits per heavy atom. The molecule has 1 saturated heterocycles. The molecule has 1 atom stereocenters. The van der Waals surface area contributed by atoms with Crippen molar-refractivity contribution in [3.63, 3.8) is 0 Å². The van der Waals surface area contributed by atoms with E-state index < -0.39 is 0 Å². The fourth-order valence-corrected chi connectivity index (χ4v) is 4.67. The zero-order valence-corrected chi connectivity index (χ0v) is 18.6. The predicted octanol–water partition coefficient (Wildman–Crippen LogP) is 4.41. The lowest BCUT2D eigenvalue weighted by molar-refractivity contribution is -0.129. The highest BCUT2D eigenvalue weighted by atomic mass is 16.5. The third-order valence-electron chi connectivity index (χ3n) is 6.45. The summed E-state index contributed by atoms with van der Waals surface area (Å²) < 4.78 is 6.51. The molecule has 2 aliphatic heterocycles. The molecule has 2 heterocycles. The van der Waals surface area contributed by atoms with Crippen molar-refractivity contribution in [1.82, 2.24) is 9.80 Å². The lowest BCUT2D eigenvalue weighted by Gasteiger charge is -2.47. The lowest BCUT2D eigenvalue weighted by Crippen LogP contribution is -2.52. The topological polar surface area (TPSA) is 61.9 Å². The molecule has 2 aromatic rings. The second kappa shape index (κ2) is 8.61. The molecule has 0 radical (unpaired) electrons. The molecular weight excluding hydrogens is 390 g/mol. The van der Waals surface area contributed by atoms with Crippen LogP contribution in [-0.4, -0.2) is 54.5 Å². The van der Waals surface area contributed by atoms with E-state index in [1.54, 1.807) is 19.0 Å². The first kappa shape index (κ1) is 21.2. The maximum atomic E-state index is 12.8. The van der Waals surface area contributed by atoms with E-state index in [1.807, 2.05) is 54.3 Å². The van der Waals surface area contributed by atoms with Crippen LogP contribution in [0.15, 0.2) is 48.5 Å². The Labute approximate surface area is 184 Å². The minimum Gasteiger partial charge on any atom is -0.487 e. The summed E-state index contributed by atoms with van der Waals surface area (Å²) in [5.41, 5.74) is 2.72. The summed E-state index contributed by atoms with van der Waals surface area (Å²) in [4.78, 5) is 28.7. The molecule has 6 heteroatoms. The first-order valence-electron chi connectivity index (χ1n) is 11.0. The largest absolute Gasteiger partial charge is 0.487 e. The van der Waals surface area contributed by atoms with Crippen molar-refractivity contribution in [2.45, 2.75) is 44.1 Å². The Morgan fingerprint density at radius 3 is 2.58 bits per heavy atom. The van der Waals surface area contributed by atoms with Gasteiger partial charge in [-0.2, -0.15) is 0 Å². The van der Waals surface area contributed by atoms with Crippen molar-refractivity contribution in [2.75, 3.05) is 32.5 Å². The number of anilines is 1. The zero-order valence-electron chi connectivity index (χ0n) is 18.6. The molecule has 1 N–H and O–H groups in total. The standard InChI is InChI=1S/C25H31N3O3/c1-18-7-6-8-20(15-18)26-24(30)28-13-11-25(12-14-28)17-19(16-23(29)27(2)3)21-9-4-5-10-22(21)31-25/h4-10,15,19H,11-14,16-17H2,1-3H3,(H,26,30)/t19-/m1/s1. The molecule has 0 bridgehead atoms. The van der Waals surface area contributed by atoms with Crippen molar-refractivity contribution in [3.8, 4) is 5.75 Å². The van der Waals surface area contributed by atoms with Crippen LogP contribution in [0.2, 0.25) is 0 Å². The van der Waals surface area contributed by atoms with Gasteiger partial charge in [-0.15, -0.1) is 0 Å². The number of amides is 3. The van der Waals surface area contributed by atoms with Crippen molar-refractivity contribution >= 4 is 17.6 Å². The van der Waals surface area contributed by atoms with Gasteiger partial charge in [0, 0.05) is 58.1 Å². The fourth-order valence-electron chi connectivity index (χ4n) is 4.67. The highest BCUT2D eigenvalue weighted by Crippen LogP contribution is 2.46. The third kappa shape index (κ3) is 4.68. The van der Waals surface area contributed by atoms with Crippen molar-refractivity contribution in [2.24, 2.45) is 0 Å². The Bertz CT molecular complexity index is 964. The number of ether oxygens (including phenoxy) is 1. The van der Waals surface area contributed by atoms with Crippen molar-refractivity contribution in [1.29, 1.82) is 0 Å². The van der Waals surface area contributed by atoms with E-state index in [1.165, 1.54) is 0 Å². The van der Waals surface area contributed by atoms with Gasteiger partial charge in [-0.25, -0.2) is 4.79 Å². The van der Waals surface area contributed by atoms with Crippen LogP contribution in [0.3, 0.4) is 0 Å². The number of rotatable bonds is 3. The summed E-state index contributed by atoms with van der Waals surface area (Å²) in [6, 6.07) is 15.8. The Hall–Kier alpha value is -3.02. The molecule has 0 saturated carbocycles. The molecule has 1 spiro atoms. The number of fused-ring (bicyclic) bond motifs is 1. The van der Waals surface area contributed by atoms with E-state index in [2.05, 4.69) is 11.4 Å². The molecule has 31 heavy (non-hydrogen) atoms. The highest BCUT2D eigenvalue weighted by molar-refractivity contribution is 5.89. The molecule has 0 aliphatic carbocycles. The average Bonchev–Trinajstić information content (AvgIpc) is 2.74. The predicted molar refractivity (Wildman–Crippen MR) is 121 cm³/mol. The van der Waals surface area contributed by atoms with E-state index in [0.29, 0.717) is 19.5 Å². The number of carbonyl (C=O) groups is 2. The quantitative estimate of drug-likeness (QED) is 0.799. The van der Waals surface area contributed by atoms with Gasteiger partial charge in [0.05, 0.1) is 0 Å². The fraction of sp³-hybridized carbons (Fsp3) is 0.440. The number of carbonyl (C=O) groups excluding carboxylic acids is 2. The number of hydrogen-bond donors (Lipinski definition) is 1. The molecule has 0 aromatic heterocycles. The SMILES string of the molecule is Cc1cccc(NC(=O)N2CCC3(CC2)C[C@@H](CC(=O)N(C)C)c2ccccc2O3)c1. The van der Waals surface area contributed by atoms with Crippen LogP contribution < -0.4 is 10.1 Å². The summed E-state index contributed by atoms with van der Waals surface area (Å²) in [5.74, 6) is 1.14. The zero-order chi connectivity index (χ0) is 22.0. The van der Waals surface area contributed by atoms with E-state index in [9.17, 15) is 9.59 Å². The lowest BCUT2D eigenvalue weighted by atomic mass is 9.76. The van der Waals surface area contributed by atoms with Crippen molar-refractivity contribution in [3.05, 3.63) is 59.7 Å². The van der Waals surface area contributed by atoms with Gasteiger partial charge in [0.1, 0.15) is 11.4 Å². The van der Waals surface area contributed by atoms with Crippen LogP contribution in [0.5, 0.6) is 5.75 Å². The van der Waals surface area contributed by atoms with Gasteiger partial charge in [-0.05, 0) is 42.7 Å². The van der Waals surface area contributed by atoms with Crippen LogP contribution in [0.4, 0.5) is 10.5 Å². The molecule has 4 rings (SSSR count). The molecule has 6 nitrogen and oxygen atoms in total. The van der Waals surface area contributed by atoms with Gasteiger partial charge in [-0.3, -0.25) is 4.79 Å². The molecule has 0 unspecified atom stereocenters. The van der Waals surface area contributed by atoms with E-state index in [0.717, 1.165) is 41.8 Å². The van der Waals surface area contributed by atoms with E-state index in [4.69, 9.17) is 4.74 Å². The summed E-state index contributed by atoms with van der Waals surface area (Å²) in [6.07, 6.45) is 2.80. The molecule has 164 valence electrons. The third-order valence-corrected chi connectivity index (χ3v) is 6.45. The number of hydrogen-bond acceptors (Lipinski definition) is 3. The number of para-hydroxylation sites is 1. The first-order valence-corrected chi connectivity index (χ1v) is 11.0. The number of benzene rings is 2. The first-order chi connectivity index (χ1) is 14.8. The van der Waals surface area contributed by atoms with Gasteiger partial charge in [0.2, 0.25) is 5.91 Å². The molecule has 1 fully saturated rings. The smallest absolute Gasteiger partial charge is 0.321 e. The van der Waals surface area contributed by atoms with Gasteiger partial charge < -0.3 is 19.9 Å². The van der Waals surface area contributed by atoms with Crippen LogP contribution in [0.25, 0.3) is 0 Å². The maximum Gasteiger partial charge on any atom is 0.321 e. The Balaban J connectivity index is 1.44. The number of nitrogens with one attached hydrogen (secondary N) is 1. The number of likely N-dealkylation sites (tertiary alicyclic amines) is 1. The summed E-state index contributed by atoms with van der Waals surface area (Å²) >= 11 is 0. The average molecular weight is 422 g/mol. The van der Waals surface area contributed by atoms with E-state index >= 15 is 0 Å².